The predicted molar refractivity (Wildman–Crippen MR) is 81.6 cm³/mol. The monoisotopic (exact) mass is 282 g/mol. The van der Waals surface area contributed by atoms with Crippen molar-refractivity contribution < 1.29 is 9.18 Å². The van der Waals surface area contributed by atoms with E-state index in [1.54, 1.807) is 6.08 Å². The van der Waals surface area contributed by atoms with Gasteiger partial charge in [0, 0.05) is 11.3 Å². The molecular weight excluding hydrogens is 267 g/mol. The number of rotatable bonds is 5. The van der Waals surface area contributed by atoms with Crippen molar-refractivity contribution in [2.75, 3.05) is 0 Å². The normalized spacial score (nSPS) is 10.3. The van der Waals surface area contributed by atoms with Crippen LogP contribution in [0.4, 0.5) is 4.39 Å². The summed E-state index contributed by atoms with van der Waals surface area (Å²) in [6.45, 7) is 3.78. The molecule has 4 heteroatoms. The first-order valence-corrected chi connectivity index (χ1v) is 6.39. The lowest BCUT2D eigenvalue weighted by Gasteiger charge is -2.08. The summed E-state index contributed by atoms with van der Waals surface area (Å²) >= 11 is 0. The van der Waals surface area contributed by atoms with E-state index in [1.807, 2.05) is 36.4 Å². The van der Waals surface area contributed by atoms with Crippen LogP contribution in [0.15, 0.2) is 72.9 Å². The summed E-state index contributed by atoms with van der Waals surface area (Å²) in [6.07, 6.45) is 3.62. The molecule has 0 spiro atoms. The van der Waals surface area contributed by atoms with E-state index in [0.717, 1.165) is 5.56 Å². The molecule has 0 bridgehead atoms. The average Bonchev–Trinajstić information content (AvgIpc) is 2.52. The van der Waals surface area contributed by atoms with Gasteiger partial charge in [-0.05, 0) is 35.9 Å². The molecule has 0 aliphatic heterocycles. The molecule has 0 saturated heterocycles. The van der Waals surface area contributed by atoms with Gasteiger partial charge in [0.05, 0.1) is 0 Å². The Morgan fingerprint density at radius 3 is 2.33 bits per heavy atom. The second kappa shape index (κ2) is 7.05. The van der Waals surface area contributed by atoms with Gasteiger partial charge in [-0.15, -0.1) is 0 Å². The summed E-state index contributed by atoms with van der Waals surface area (Å²) in [5.74, 6) is -0.737. The zero-order chi connectivity index (χ0) is 15.1. The van der Waals surface area contributed by atoms with Crippen LogP contribution in [0.25, 0.3) is 6.08 Å². The average molecular weight is 282 g/mol. The number of carbonyl (C=O) groups is 1. The quantitative estimate of drug-likeness (QED) is 0.652. The van der Waals surface area contributed by atoms with Crippen LogP contribution in [0.1, 0.15) is 15.9 Å². The van der Waals surface area contributed by atoms with E-state index in [2.05, 4.69) is 17.4 Å². The fourth-order valence-electron chi connectivity index (χ4n) is 1.61. The Morgan fingerprint density at radius 1 is 1.00 bits per heavy atom. The molecule has 106 valence electrons. The number of allylic oxidation sites excluding steroid dienone is 1. The zero-order valence-electron chi connectivity index (χ0n) is 11.3. The highest BCUT2D eigenvalue weighted by molar-refractivity contribution is 5.93. The molecule has 0 radical (unpaired) electrons. The SMILES string of the molecule is C=C(C=Cc1ccccc1)NNC(=O)c1ccc(F)cc1. The number of halogens is 1. The molecule has 0 heterocycles. The molecule has 2 N–H and O–H groups in total. The Bertz CT molecular complexity index is 648. The van der Waals surface area contributed by atoms with Gasteiger partial charge in [0.1, 0.15) is 5.82 Å². The van der Waals surface area contributed by atoms with Gasteiger partial charge in [-0.2, -0.15) is 0 Å². The molecule has 3 nitrogen and oxygen atoms in total. The molecule has 0 saturated carbocycles. The van der Waals surface area contributed by atoms with Gasteiger partial charge in [0.15, 0.2) is 0 Å². The van der Waals surface area contributed by atoms with Crippen LogP contribution in [0.5, 0.6) is 0 Å². The molecule has 0 aliphatic rings. The van der Waals surface area contributed by atoms with Crippen molar-refractivity contribution in [2.45, 2.75) is 0 Å². The third-order valence-electron chi connectivity index (χ3n) is 2.72. The first kappa shape index (κ1) is 14.5. The third-order valence-corrected chi connectivity index (χ3v) is 2.72. The lowest BCUT2D eigenvalue weighted by Crippen LogP contribution is -2.35. The molecule has 0 aromatic heterocycles. The molecule has 21 heavy (non-hydrogen) atoms. The van der Waals surface area contributed by atoms with Crippen LogP contribution in [0, 0.1) is 5.82 Å². The Balaban J connectivity index is 1.85. The highest BCUT2D eigenvalue weighted by Gasteiger charge is 2.04. The smallest absolute Gasteiger partial charge is 0.269 e. The Labute approximate surface area is 122 Å². The van der Waals surface area contributed by atoms with Gasteiger partial charge in [0.2, 0.25) is 0 Å². The number of benzene rings is 2. The molecule has 0 unspecified atom stereocenters. The second-order valence-electron chi connectivity index (χ2n) is 4.36. The molecule has 2 aromatic rings. The lowest BCUT2D eigenvalue weighted by atomic mass is 10.2. The van der Waals surface area contributed by atoms with Gasteiger partial charge in [-0.1, -0.05) is 43.0 Å². The topological polar surface area (TPSA) is 41.1 Å². The van der Waals surface area contributed by atoms with E-state index in [4.69, 9.17) is 0 Å². The summed E-state index contributed by atoms with van der Waals surface area (Å²) in [4.78, 5) is 11.8. The Kier molecular flexibility index (Phi) is 4.88. The summed E-state index contributed by atoms with van der Waals surface area (Å²) in [7, 11) is 0. The minimum absolute atomic E-state index is 0.357. The van der Waals surface area contributed by atoms with Crippen LogP contribution in [-0.4, -0.2) is 5.91 Å². The molecule has 0 aliphatic carbocycles. The van der Waals surface area contributed by atoms with E-state index >= 15 is 0 Å². The van der Waals surface area contributed by atoms with Gasteiger partial charge >= 0.3 is 0 Å². The first-order valence-electron chi connectivity index (χ1n) is 6.39. The van der Waals surface area contributed by atoms with Crippen LogP contribution in [0.3, 0.4) is 0 Å². The fourth-order valence-corrected chi connectivity index (χ4v) is 1.61. The van der Waals surface area contributed by atoms with Gasteiger partial charge in [-0.25, -0.2) is 4.39 Å². The largest absolute Gasteiger partial charge is 0.299 e. The zero-order valence-corrected chi connectivity index (χ0v) is 11.3. The first-order chi connectivity index (χ1) is 10.1. The van der Waals surface area contributed by atoms with E-state index in [1.165, 1.54) is 24.3 Å². The van der Waals surface area contributed by atoms with Crippen LogP contribution < -0.4 is 10.9 Å². The van der Waals surface area contributed by atoms with Crippen LogP contribution in [0.2, 0.25) is 0 Å². The van der Waals surface area contributed by atoms with Crippen molar-refractivity contribution in [3.63, 3.8) is 0 Å². The van der Waals surface area contributed by atoms with Gasteiger partial charge in [-0.3, -0.25) is 15.6 Å². The fraction of sp³-hybridized carbons (Fsp3) is 0. The Morgan fingerprint density at radius 2 is 1.67 bits per heavy atom. The number of hydrogen-bond acceptors (Lipinski definition) is 2. The van der Waals surface area contributed by atoms with Crippen molar-refractivity contribution in [2.24, 2.45) is 0 Å². The summed E-state index contributed by atoms with van der Waals surface area (Å²) in [6, 6.07) is 15.0. The van der Waals surface area contributed by atoms with Crippen molar-refractivity contribution in [1.82, 2.24) is 10.9 Å². The number of nitrogens with one attached hydrogen (secondary N) is 2. The standard InChI is InChI=1S/C17H15FN2O/c1-13(7-8-14-5-3-2-4-6-14)19-20-17(21)15-9-11-16(18)12-10-15/h2-12,19H,1H2,(H,20,21). The second-order valence-corrected chi connectivity index (χ2v) is 4.36. The van der Waals surface area contributed by atoms with E-state index < -0.39 is 0 Å². The minimum Gasteiger partial charge on any atom is -0.299 e. The number of amides is 1. The van der Waals surface area contributed by atoms with Gasteiger partial charge < -0.3 is 0 Å². The molecule has 2 aromatic carbocycles. The maximum atomic E-state index is 12.8. The summed E-state index contributed by atoms with van der Waals surface area (Å²) in [5.41, 5.74) is 7.12. The van der Waals surface area contributed by atoms with Crippen molar-refractivity contribution in [1.29, 1.82) is 0 Å². The van der Waals surface area contributed by atoms with E-state index in [9.17, 15) is 9.18 Å². The molecule has 0 atom stereocenters. The van der Waals surface area contributed by atoms with E-state index in [0.29, 0.717) is 11.3 Å². The highest BCUT2D eigenvalue weighted by atomic mass is 19.1. The molecule has 0 fully saturated rings. The number of hydrazine groups is 1. The molecular formula is C17H15FN2O. The Hall–Kier alpha value is -2.88. The lowest BCUT2D eigenvalue weighted by molar-refractivity contribution is 0.0939. The maximum Gasteiger partial charge on any atom is 0.269 e. The maximum absolute atomic E-state index is 12.8. The summed E-state index contributed by atoms with van der Waals surface area (Å²) in [5, 5.41) is 0. The molecule has 2 rings (SSSR count). The summed E-state index contributed by atoms with van der Waals surface area (Å²) < 4.78 is 12.8. The molecule has 1 amide bonds. The minimum atomic E-state index is -0.380. The van der Waals surface area contributed by atoms with Crippen LogP contribution in [-0.2, 0) is 0 Å². The van der Waals surface area contributed by atoms with Crippen LogP contribution >= 0.6 is 0 Å². The van der Waals surface area contributed by atoms with Gasteiger partial charge in [0.25, 0.3) is 5.91 Å². The van der Waals surface area contributed by atoms with Crippen molar-refractivity contribution in [3.8, 4) is 0 Å². The highest BCUT2D eigenvalue weighted by Crippen LogP contribution is 2.03. The third kappa shape index (κ3) is 4.62. The number of carbonyl (C=O) groups excluding carboxylic acids is 1. The van der Waals surface area contributed by atoms with Crippen molar-refractivity contribution >= 4 is 12.0 Å². The van der Waals surface area contributed by atoms with Crippen molar-refractivity contribution in [3.05, 3.63) is 89.9 Å². The van der Waals surface area contributed by atoms with E-state index in [-0.39, 0.29) is 11.7 Å². The predicted octanol–water partition coefficient (Wildman–Crippen LogP) is 3.29. The number of hydrogen-bond donors (Lipinski definition) is 2.